The van der Waals surface area contributed by atoms with Crippen LogP contribution in [0.2, 0.25) is 0 Å². The number of hydrogen-bond acceptors (Lipinski definition) is 8. The first kappa shape index (κ1) is 22.3. The molecule has 1 heterocycles. The van der Waals surface area contributed by atoms with E-state index in [-0.39, 0.29) is 12.2 Å². The van der Waals surface area contributed by atoms with E-state index < -0.39 is 17.7 Å². The van der Waals surface area contributed by atoms with Crippen molar-refractivity contribution in [2.75, 3.05) is 25.4 Å². The number of carbonyl (C=O) groups excluding carboxylic acids is 1. The summed E-state index contributed by atoms with van der Waals surface area (Å²) >= 11 is 1.32. The van der Waals surface area contributed by atoms with Gasteiger partial charge in [-0.15, -0.1) is 10.2 Å². The number of ether oxygens (including phenoxy) is 1. The minimum absolute atomic E-state index is 0.151. The summed E-state index contributed by atoms with van der Waals surface area (Å²) in [6.45, 7) is 2.07. The first-order valence-corrected chi connectivity index (χ1v) is 8.83. The molecule has 0 radical (unpaired) electrons. The van der Waals surface area contributed by atoms with Gasteiger partial charge >= 0.3 is 0 Å². The summed E-state index contributed by atoms with van der Waals surface area (Å²) in [7, 11) is 0. The van der Waals surface area contributed by atoms with Crippen LogP contribution in [0.15, 0.2) is 18.2 Å². The zero-order valence-corrected chi connectivity index (χ0v) is 15.6. The van der Waals surface area contributed by atoms with E-state index in [0.29, 0.717) is 36.8 Å². The van der Waals surface area contributed by atoms with Gasteiger partial charge in [-0.2, -0.15) is 0 Å². The Morgan fingerprint density at radius 1 is 1.37 bits per heavy atom. The molecule has 11 heteroatoms. The van der Waals surface area contributed by atoms with Crippen LogP contribution in [0.4, 0.5) is 9.52 Å². The van der Waals surface area contributed by atoms with Gasteiger partial charge in [-0.3, -0.25) is 9.59 Å². The number of aliphatic carboxylic acids is 1. The van der Waals surface area contributed by atoms with Crippen molar-refractivity contribution in [2.45, 2.75) is 19.8 Å². The lowest BCUT2D eigenvalue weighted by molar-refractivity contribution is -0.134. The van der Waals surface area contributed by atoms with Crippen LogP contribution in [-0.4, -0.2) is 46.9 Å². The monoisotopic (exact) mass is 399 g/mol. The first-order valence-electron chi connectivity index (χ1n) is 8.01. The van der Waals surface area contributed by atoms with Crippen molar-refractivity contribution in [3.63, 3.8) is 0 Å². The van der Waals surface area contributed by atoms with Gasteiger partial charge in [0.2, 0.25) is 5.13 Å². The van der Waals surface area contributed by atoms with Crippen molar-refractivity contribution in [1.82, 2.24) is 15.5 Å². The maximum Gasteiger partial charge on any atom is 0.300 e. The number of carboxylic acid groups (broad SMARTS) is 1. The maximum absolute atomic E-state index is 13.4. The highest BCUT2D eigenvalue weighted by molar-refractivity contribution is 7.15. The first-order chi connectivity index (χ1) is 12.8. The Labute approximate surface area is 159 Å². The van der Waals surface area contributed by atoms with Gasteiger partial charge < -0.3 is 26.6 Å². The molecule has 0 aliphatic rings. The molecule has 9 nitrogen and oxygen atoms in total. The highest BCUT2D eigenvalue weighted by Gasteiger charge is 2.13. The van der Waals surface area contributed by atoms with Crippen molar-refractivity contribution >= 4 is 28.3 Å². The normalized spacial score (nSPS) is 9.89. The van der Waals surface area contributed by atoms with Gasteiger partial charge in [0.1, 0.15) is 23.2 Å². The molecule has 148 valence electrons. The number of aromatic nitrogens is 2. The number of carbonyl (C=O) groups is 2. The summed E-state index contributed by atoms with van der Waals surface area (Å²) in [6.07, 6.45) is 1.34. The Morgan fingerprint density at radius 2 is 2.07 bits per heavy atom. The van der Waals surface area contributed by atoms with E-state index in [1.807, 2.05) is 0 Å². The number of aryl methyl sites for hydroxylation is 1. The topological polar surface area (TPSA) is 153 Å². The Balaban J connectivity index is 0.000000828. The Kier molecular flexibility index (Phi) is 9.69. The quantitative estimate of drug-likeness (QED) is 0.480. The van der Waals surface area contributed by atoms with Gasteiger partial charge in [0, 0.05) is 26.4 Å². The molecule has 0 saturated carbocycles. The van der Waals surface area contributed by atoms with Crippen LogP contribution in [0.3, 0.4) is 0 Å². The smallest absolute Gasteiger partial charge is 0.300 e. The standard InChI is InChI=1S/C14H18FN5O2S.C2H4O2/c15-9-3-4-11(22-7-5-16)10(8-9)13(21)18-6-1-2-12-19-20-14(17)23-12;1-2(3)4/h3-4,8H,1-2,5-7,16H2,(H2,17,20)(H,18,21);1H3,(H,3,4). The molecule has 0 unspecified atom stereocenters. The molecule has 0 bridgehead atoms. The number of carboxylic acids is 1. The van der Waals surface area contributed by atoms with Crippen LogP contribution < -0.4 is 21.5 Å². The molecular formula is C16H22FN5O4S. The Hall–Kier alpha value is -2.79. The molecule has 0 spiro atoms. The van der Waals surface area contributed by atoms with Gasteiger partial charge in [0.05, 0.1) is 5.56 Å². The second-order valence-electron chi connectivity index (χ2n) is 5.19. The van der Waals surface area contributed by atoms with Crippen LogP contribution in [0.1, 0.15) is 28.7 Å². The van der Waals surface area contributed by atoms with Crippen LogP contribution in [0.25, 0.3) is 0 Å². The minimum Gasteiger partial charge on any atom is -0.491 e. The van der Waals surface area contributed by atoms with Gasteiger partial charge in [0.25, 0.3) is 11.9 Å². The fraction of sp³-hybridized carbons (Fsp3) is 0.375. The lowest BCUT2D eigenvalue weighted by Crippen LogP contribution is -2.26. The summed E-state index contributed by atoms with van der Waals surface area (Å²) in [6, 6.07) is 3.80. The number of amides is 1. The molecule has 2 rings (SSSR count). The molecule has 0 atom stereocenters. The maximum atomic E-state index is 13.4. The van der Waals surface area contributed by atoms with E-state index in [2.05, 4.69) is 15.5 Å². The van der Waals surface area contributed by atoms with Crippen LogP contribution in [0, 0.1) is 5.82 Å². The van der Waals surface area contributed by atoms with E-state index in [0.717, 1.165) is 18.0 Å². The molecule has 0 aliphatic carbocycles. The predicted molar refractivity (Wildman–Crippen MR) is 99.2 cm³/mol. The van der Waals surface area contributed by atoms with Crippen molar-refractivity contribution in [2.24, 2.45) is 5.73 Å². The molecule has 0 saturated heterocycles. The van der Waals surface area contributed by atoms with Gasteiger partial charge in [-0.1, -0.05) is 11.3 Å². The van der Waals surface area contributed by atoms with Crippen LogP contribution in [-0.2, 0) is 11.2 Å². The lowest BCUT2D eigenvalue weighted by Gasteiger charge is -2.11. The molecule has 0 fully saturated rings. The average Bonchev–Trinajstić information content (AvgIpc) is 3.02. The zero-order valence-electron chi connectivity index (χ0n) is 14.8. The number of nitrogen functional groups attached to an aromatic ring is 1. The molecule has 0 aliphatic heterocycles. The molecule has 1 amide bonds. The Bertz CT molecular complexity index is 752. The third kappa shape index (κ3) is 8.92. The number of nitrogens with two attached hydrogens (primary N) is 2. The molecule has 2 aromatic rings. The Morgan fingerprint density at radius 3 is 2.67 bits per heavy atom. The summed E-state index contributed by atoms with van der Waals surface area (Å²) in [5.74, 6) is -1.42. The van der Waals surface area contributed by atoms with Crippen molar-refractivity contribution < 1.29 is 23.8 Å². The SMILES string of the molecule is CC(=O)O.NCCOc1ccc(F)cc1C(=O)NCCCc1nnc(N)s1. The summed E-state index contributed by atoms with van der Waals surface area (Å²) in [4.78, 5) is 21.2. The van der Waals surface area contributed by atoms with E-state index in [9.17, 15) is 9.18 Å². The van der Waals surface area contributed by atoms with Gasteiger partial charge in [-0.25, -0.2) is 4.39 Å². The van der Waals surface area contributed by atoms with Crippen molar-refractivity contribution in [3.8, 4) is 5.75 Å². The lowest BCUT2D eigenvalue weighted by atomic mass is 10.1. The van der Waals surface area contributed by atoms with Crippen molar-refractivity contribution in [3.05, 3.63) is 34.6 Å². The fourth-order valence-corrected chi connectivity index (χ4v) is 2.53. The number of rotatable bonds is 8. The fourth-order valence-electron chi connectivity index (χ4n) is 1.88. The summed E-state index contributed by atoms with van der Waals surface area (Å²) in [5.41, 5.74) is 11.0. The van der Waals surface area contributed by atoms with E-state index in [4.69, 9.17) is 26.1 Å². The van der Waals surface area contributed by atoms with Gasteiger partial charge in [0.15, 0.2) is 0 Å². The average molecular weight is 399 g/mol. The number of benzene rings is 1. The van der Waals surface area contributed by atoms with Gasteiger partial charge in [-0.05, 0) is 24.6 Å². The number of nitrogens with one attached hydrogen (secondary N) is 1. The molecule has 27 heavy (non-hydrogen) atoms. The highest BCUT2D eigenvalue weighted by atomic mass is 32.1. The minimum atomic E-state index is -0.833. The molecule has 1 aromatic heterocycles. The summed E-state index contributed by atoms with van der Waals surface area (Å²) in [5, 5.41) is 19.0. The highest BCUT2D eigenvalue weighted by Crippen LogP contribution is 2.19. The third-order valence-electron chi connectivity index (χ3n) is 2.90. The molecule has 1 aromatic carbocycles. The molecular weight excluding hydrogens is 377 g/mol. The van der Waals surface area contributed by atoms with E-state index >= 15 is 0 Å². The number of halogens is 1. The second kappa shape index (κ2) is 11.8. The van der Waals surface area contributed by atoms with Crippen LogP contribution in [0.5, 0.6) is 5.75 Å². The third-order valence-corrected chi connectivity index (χ3v) is 3.71. The number of hydrogen-bond donors (Lipinski definition) is 4. The predicted octanol–water partition coefficient (Wildman–Crippen LogP) is 1.05. The van der Waals surface area contributed by atoms with Crippen molar-refractivity contribution in [1.29, 1.82) is 0 Å². The molecule has 6 N–H and O–H groups in total. The van der Waals surface area contributed by atoms with E-state index in [1.165, 1.54) is 23.5 Å². The largest absolute Gasteiger partial charge is 0.491 e. The zero-order chi connectivity index (χ0) is 20.2. The number of anilines is 1. The second-order valence-corrected chi connectivity index (χ2v) is 6.28. The van der Waals surface area contributed by atoms with E-state index in [1.54, 1.807) is 0 Å². The number of nitrogens with zero attached hydrogens (tertiary/aromatic N) is 2. The summed E-state index contributed by atoms with van der Waals surface area (Å²) < 4.78 is 18.7. The van der Waals surface area contributed by atoms with Crippen LogP contribution >= 0.6 is 11.3 Å².